The van der Waals surface area contributed by atoms with Crippen molar-refractivity contribution in [3.63, 3.8) is 0 Å². The van der Waals surface area contributed by atoms with E-state index in [1.807, 2.05) is 0 Å². The number of aromatic amines is 1. The summed E-state index contributed by atoms with van der Waals surface area (Å²) in [5.74, 6) is -0.730. The molecule has 16 heavy (non-hydrogen) atoms. The van der Waals surface area contributed by atoms with Gasteiger partial charge in [-0.3, -0.25) is 9.89 Å². The van der Waals surface area contributed by atoms with E-state index in [-0.39, 0.29) is 5.92 Å². The molecule has 2 N–H and O–H groups in total. The molecular formula is C10H16N4O2. The fourth-order valence-corrected chi connectivity index (χ4v) is 2.27. The van der Waals surface area contributed by atoms with Crippen molar-refractivity contribution in [3.05, 3.63) is 12.2 Å². The molecule has 1 fully saturated rings. The van der Waals surface area contributed by atoms with Crippen LogP contribution in [0.4, 0.5) is 0 Å². The lowest BCUT2D eigenvalue weighted by Crippen LogP contribution is -2.35. The third kappa shape index (κ3) is 2.21. The Balaban J connectivity index is 2.11. The van der Waals surface area contributed by atoms with Crippen molar-refractivity contribution in [2.75, 3.05) is 20.1 Å². The van der Waals surface area contributed by atoms with Gasteiger partial charge in [-0.15, -0.1) is 0 Å². The quantitative estimate of drug-likeness (QED) is 0.772. The second kappa shape index (κ2) is 4.61. The highest BCUT2D eigenvalue weighted by Crippen LogP contribution is 2.30. The summed E-state index contributed by atoms with van der Waals surface area (Å²) in [6.45, 7) is 1.89. The first-order valence-corrected chi connectivity index (χ1v) is 5.45. The molecule has 0 amide bonds. The molecule has 0 bridgehead atoms. The second-order valence-corrected chi connectivity index (χ2v) is 4.33. The van der Waals surface area contributed by atoms with Crippen molar-refractivity contribution in [2.24, 2.45) is 5.92 Å². The Morgan fingerprint density at radius 2 is 2.31 bits per heavy atom. The van der Waals surface area contributed by atoms with Crippen LogP contribution in [0.3, 0.4) is 0 Å². The molecule has 0 aliphatic carbocycles. The number of rotatable bonds is 3. The van der Waals surface area contributed by atoms with Crippen LogP contribution in [0.2, 0.25) is 0 Å². The van der Waals surface area contributed by atoms with Gasteiger partial charge in [-0.1, -0.05) is 0 Å². The average molecular weight is 224 g/mol. The highest BCUT2D eigenvalue weighted by Gasteiger charge is 2.33. The molecule has 2 rings (SSSR count). The van der Waals surface area contributed by atoms with Crippen LogP contribution < -0.4 is 0 Å². The Labute approximate surface area is 93.7 Å². The lowest BCUT2D eigenvalue weighted by atomic mass is 9.84. The highest BCUT2D eigenvalue weighted by atomic mass is 16.4. The summed E-state index contributed by atoms with van der Waals surface area (Å²) in [5, 5.41) is 15.7. The molecule has 1 aliphatic rings. The number of aliphatic carboxylic acids is 1. The summed E-state index contributed by atoms with van der Waals surface area (Å²) in [4.78, 5) is 17.5. The Morgan fingerprint density at radius 3 is 2.81 bits per heavy atom. The summed E-state index contributed by atoms with van der Waals surface area (Å²) in [7, 11) is 2.06. The Kier molecular flexibility index (Phi) is 3.19. The number of carboxylic acid groups (broad SMARTS) is 1. The molecule has 1 unspecified atom stereocenters. The average Bonchev–Trinajstić information content (AvgIpc) is 2.74. The topological polar surface area (TPSA) is 82.1 Å². The number of carbonyl (C=O) groups is 1. The number of hydrogen-bond acceptors (Lipinski definition) is 4. The molecular weight excluding hydrogens is 208 g/mol. The largest absolute Gasteiger partial charge is 0.481 e. The summed E-state index contributed by atoms with van der Waals surface area (Å²) < 4.78 is 0. The summed E-state index contributed by atoms with van der Waals surface area (Å²) in [6.07, 6.45) is 3.16. The van der Waals surface area contributed by atoms with E-state index in [2.05, 4.69) is 27.1 Å². The number of nitrogens with zero attached hydrogens (tertiary/aromatic N) is 3. The lowest BCUT2D eigenvalue weighted by Gasteiger charge is -2.31. The first kappa shape index (κ1) is 11.1. The fraction of sp³-hybridized carbons (Fsp3) is 0.700. The van der Waals surface area contributed by atoms with E-state index >= 15 is 0 Å². The lowest BCUT2D eigenvalue weighted by molar-refractivity contribution is -0.140. The van der Waals surface area contributed by atoms with Gasteiger partial charge < -0.3 is 10.0 Å². The molecule has 6 heteroatoms. The van der Waals surface area contributed by atoms with Gasteiger partial charge in [-0.2, -0.15) is 5.10 Å². The number of carboxylic acids is 1. The third-order valence-electron chi connectivity index (χ3n) is 3.23. The molecule has 0 spiro atoms. The zero-order valence-electron chi connectivity index (χ0n) is 9.26. The number of nitrogens with one attached hydrogen (secondary N) is 1. The molecule has 1 saturated heterocycles. The first-order valence-electron chi connectivity index (χ1n) is 5.45. The Morgan fingerprint density at radius 1 is 1.62 bits per heavy atom. The van der Waals surface area contributed by atoms with Gasteiger partial charge in [0.2, 0.25) is 0 Å². The Bertz CT molecular complexity index is 344. The van der Waals surface area contributed by atoms with Gasteiger partial charge in [0.25, 0.3) is 0 Å². The van der Waals surface area contributed by atoms with Gasteiger partial charge in [0.05, 0.1) is 0 Å². The molecule has 6 nitrogen and oxygen atoms in total. The van der Waals surface area contributed by atoms with E-state index in [0.29, 0.717) is 5.82 Å². The van der Waals surface area contributed by atoms with Crippen LogP contribution in [0.1, 0.15) is 24.6 Å². The number of hydrogen-bond donors (Lipinski definition) is 2. The van der Waals surface area contributed by atoms with E-state index in [1.54, 1.807) is 0 Å². The maximum absolute atomic E-state index is 11.3. The van der Waals surface area contributed by atoms with Crippen LogP contribution in [0.25, 0.3) is 0 Å². The molecule has 0 saturated carbocycles. The van der Waals surface area contributed by atoms with Gasteiger partial charge in [0.15, 0.2) is 0 Å². The van der Waals surface area contributed by atoms with Gasteiger partial charge >= 0.3 is 5.97 Å². The molecule has 88 valence electrons. The van der Waals surface area contributed by atoms with E-state index in [1.165, 1.54) is 6.33 Å². The van der Waals surface area contributed by atoms with Crippen molar-refractivity contribution in [1.29, 1.82) is 0 Å². The van der Waals surface area contributed by atoms with E-state index < -0.39 is 11.9 Å². The summed E-state index contributed by atoms with van der Waals surface area (Å²) in [6, 6.07) is 0. The van der Waals surface area contributed by atoms with Crippen molar-refractivity contribution in [3.8, 4) is 0 Å². The predicted octanol–water partition coefficient (Wildman–Crippen LogP) is 0.315. The van der Waals surface area contributed by atoms with Crippen molar-refractivity contribution in [2.45, 2.75) is 18.8 Å². The highest BCUT2D eigenvalue weighted by molar-refractivity contribution is 5.75. The Hall–Kier alpha value is -1.43. The molecule has 0 aromatic carbocycles. The summed E-state index contributed by atoms with van der Waals surface area (Å²) >= 11 is 0. The van der Waals surface area contributed by atoms with Gasteiger partial charge in [0.1, 0.15) is 18.1 Å². The molecule has 1 aliphatic heterocycles. The van der Waals surface area contributed by atoms with Crippen LogP contribution in [-0.2, 0) is 4.79 Å². The second-order valence-electron chi connectivity index (χ2n) is 4.33. The molecule has 2 heterocycles. The third-order valence-corrected chi connectivity index (χ3v) is 3.23. The summed E-state index contributed by atoms with van der Waals surface area (Å²) in [5.41, 5.74) is 0. The van der Waals surface area contributed by atoms with E-state index in [9.17, 15) is 9.90 Å². The van der Waals surface area contributed by atoms with E-state index in [0.717, 1.165) is 25.9 Å². The van der Waals surface area contributed by atoms with Gasteiger partial charge in [-0.25, -0.2) is 4.98 Å². The minimum atomic E-state index is -0.814. The van der Waals surface area contributed by atoms with Crippen LogP contribution in [0, 0.1) is 5.92 Å². The zero-order valence-corrected chi connectivity index (χ0v) is 9.26. The SMILES string of the molecule is CN1CCC(C(C(=O)O)c2ncn[nH]2)CC1. The maximum Gasteiger partial charge on any atom is 0.314 e. The molecule has 1 atom stereocenters. The minimum absolute atomic E-state index is 0.154. The number of likely N-dealkylation sites (tertiary alicyclic amines) is 1. The molecule has 1 aromatic rings. The normalized spacial score (nSPS) is 20.8. The van der Waals surface area contributed by atoms with Crippen molar-refractivity contribution in [1.82, 2.24) is 20.1 Å². The first-order chi connectivity index (χ1) is 7.68. The zero-order chi connectivity index (χ0) is 11.5. The van der Waals surface area contributed by atoms with Crippen molar-refractivity contribution < 1.29 is 9.90 Å². The molecule has 0 radical (unpaired) electrons. The van der Waals surface area contributed by atoms with E-state index in [4.69, 9.17) is 0 Å². The van der Waals surface area contributed by atoms with Crippen LogP contribution >= 0.6 is 0 Å². The standard InChI is InChI=1S/C10H16N4O2/c1-14-4-2-7(3-5-14)8(10(15)16)9-11-6-12-13-9/h6-8H,2-5H2,1H3,(H,15,16)(H,11,12,13). The number of piperidine rings is 1. The monoisotopic (exact) mass is 224 g/mol. The smallest absolute Gasteiger partial charge is 0.314 e. The number of aromatic nitrogens is 3. The van der Waals surface area contributed by atoms with Gasteiger partial charge in [-0.05, 0) is 38.9 Å². The van der Waals surface area contributed by atoms with Crippen LogP contribution in [-0.4, -0.2) is 51.3 Å². The van der Waals surface area contributed by atoms with Crippen molar-refractivity contribution >= 4 is 5.97 Å². The van der Waals surface area contributed by atoms with Crippen LogP contribution in [0.15, 0.2) is 6.33 Å². The van der Waals surface area contributed by atoms with Crippen LogP contribution in [0.5, 0.6) is 0 Å². The minimum Gasteiger partial charge on any atom is -0.481 e. The van der Waals surface area contributed by atoms with Gasteiger partial charge in [0, 0.05) is 0 Å². The maximum atomic E-state index is 11.3. The fourth-order valence-electron chi connectivity index (χ4n) is 2.27. The predicted molar refractivity (Wildman–Crippen MR) is 57.0 cm³/mol. The molecule has 1 aromatic heterocycles. The number of H-pyrrole nitrogens is 1.